The lowest BCUT2D eigenvalue weighted by Crippen LogP contribution is -2.17. The van der Waals surface area contributed by atoms with Crippen molar-refractivity contribution < 1.29 is 75.8 Å². The number of rotatable bonds is 88. The molecule has 0 saturated carbocycles. The Bertz CT molecular complexity index is 1140. The number of hydrogen-bond acceptors (Lipinski definition) is 19. The molecule has 0 amide bonds. The van der Waals surface area contributed by atoms with Crippen LogP contribution in [0.1, 0.15) is 231 Å². The lowest BCUT2D eigenvalue weighted by Gasteiger charge is -2.08. The summed E-state index contributed by atoms with van der Waals surface area (Å²) < 4.78 is 92.1. The quantitative estimate of drug-likeness (QED) is 0.0483. The average Bonchev–Trinajstić information content (AvgIpc) is 3.56. The van der Waals surface area contributed by atoms with Gasteiger partial charge < -0.3 is 92.6 Å². The van der Waals surface area contributed by atoms with Crippen molar-refractivity contribution in [1.82, 2.24) is 5.32 Å². The molecular weight excluding hydrogens is 1160 g/mol. The second-order valence-electron chi connectivity index (χ2n) is 23.9. The predicted molar refractivity (Wildman–Crippen MR) is 370 cm³/mol. The van der Waals surface area contributed by atoms with E-state index in [2.05, 4.69) is 5.32 Å². The Morgan fingerprint density at radius 3 is 0.308 bits per heavy atom. The third-order valence-corrected chi connectivity index (χ3v) is 14.9. The lowest BCUT2D eigenvalue weighted by atomic mass is 10.3. The summed E-state index contributed by atoms with van der Waals surface area (Å²) in [5, 5.41) is 3.56. The maximum Gasteiger partial charge on any atom is 0.0466 e. The van der Waals surface area contributed by atoms with Crippen LogP contribution in [-0.4, -0.2) is 238 Å². The number of hydrogen-bond donors (Lipinski definition) is 3. The third kappa shape index (κ3) is 89.2. The topological polar surface area (TPSA) is 212 Å². The SMILES string of the molecule is NCCCCOCCCCOCCCCOCCCCOCCCCOCCCCOCCCCOCCCCOCCCCNCCCCOCCCCOCCCCOCCCCOCCCCOCCCCOCCCCOCCCCOCCCCN. The molecule has 0 unspecified atom stereocenters. The van der Waals surface area contributed by atoms with Crippen molar-refractivity contribution in [2.24, 2.45) is 11.5 Å². The highest BCUT2D eigenvalue weighted by atomic mass is 16.5. The molecule has 19 nitrogen and oxygen atoms in total. The summed E-state index contributed by atoms with van der Waals surface area (Å²) in [4.78, 5) is 0. The Kier molecular flexibility index (Phi) is 88.5. The number of ether oxygens (including phenoxy) is 16. The van der Waals surface area contributed by atoms with Crippen LogP contribution in [-0.2, 0) is 75.8 Å². The highest BCUT2D eigenvalue weighted by Crippen LogP contribution is 2.05. The van der Waals surface area contributed by atoms with Crippen LogP contribution < -0.4 is 16.8 Å². The average molecular weight is 1310 g/mol. The first kappa shape index (κ1) is 90.2. The Labute approximate surface area is 559 Å². The summed E-state index contributed by atoms with van der Waals surface area (Å²) in [6.07, 6.45) is 38.1. The second kappa shape index (κ2) is 89.2. The second-order valence-corrected chi connectivity index (χ2v) is 23.9. The molecule has 0 aliphatic heterocycles. The monoisotopic (exact) mass is 1310 g/mol. The molecule has 0 bridgehead atoms. The maximum atomic E-state index is 5.83. The normalized spacial score (nSPS) is 11.8. The molecule has 0 aromatic rings. The van der Waals surface area contributed by atoms with Gasteiger partial charge in [-0.3, -0.25) is 0 Å². The molecule has 0 aliphatic rings. The van der Waals surface area contributed by atoms with Crippen molar-refractivity contribution in [3.63, 3.8) is 0 Å². The van der Waals surface area contributed by atoms with Gasteiger partial charge in [0.2, 0.25) is 0 Å². The summed E-state index contributed by atoms with van der Waals surface area (Å²) in [5.74, 6) is 0. The lowest BCUT2D eigenvalue weighted by molar-refractivity contribution is 0.0779. The van der Waals surface area contributed by atoms with E-state index in [-0.39, 0.29) is 0 Å². The molecule has 0 aromatic carbocycles. The first-order valence-corrected chi connectivity index (χ1v) is 37.8. The molecular formula is C72H149N3O16. The number of unbranched alkanes of at least 4 members (excludes halogenated alkanes) is 18. The highest BCUT2D eigenvalue weighted by molar-refractivity contribution is 4.53. The fourth-order valence-corrected chi connectivity index (χ4v) is 9.08. The van der Waals surface area contributed by atoms with Crippen LogP contribution in [0.4, 0.5) is 0 Å². The molecule has 91 heavy (non-hydrogen) atoms. The van der Waals surface area contributed by atoms with Crippen molar-refractivity contribution >= 4 is 0 Å². The standard InChI is InChI=1S/C72H149N3O16/c73-37-1-5-41-76-45-9-13-49-80-53-17-21-57-84-61-25-29-65-88-69-33-35-71-90-67-31-27-63-86-59-23-19-55-82-51-15-11-47-78-43-7-3-39-75-40-4-8-44-79-48-12-16-52-83-56-20-24-60-87-64-28-32-68-91-72-36-34-70-89-66-30-26-62-85-58-22-18-54-81-50-14-10-46-77-42-6-2-38-74/h75H,1-74H2. The Balaban J connectivity index is 3.09. The van der Waals surface area contributed by atoms with E-state index in [0.717, 1.165) is 469 Å². The van der Waals surface area contributed by atoms with E-state index in [1.54, 1.807) is 0 Å². The first-order chi connectivity index (χ1) is 45.4. The van der Waals surface area contributed by atoms with Gasteiger partial charge in [0.15, 0.2) is 0 Å². The minimum Gasteiger partial charge on any atom is -0.381 e. The van der Waals surface area contributed by atoms with Crippen molar-refractivity contribution in [1.29, 1.82) is 0 Å². The van der Waals surface area contributed by atoms with Gasteiger partial charge in [-0.25, -0.2) is 0 Å². The fraction of sp³-hybridized carbons (Fsp3) is 1.00. The molecule has 0 heterocycles. The Morgan fingerprint density at radius 2 is 0.209 bits per heavy atom. The van der Waals surface area contributed by atoms with Crippen molar-refractivity contribution in [2.45, 2.75) is 231 Å². The first-order valence-electron chi connectivity index (χ1n) is 37.8. The zero-order valence-corrected chi connectivity index (χ0v) is 59.1. The van der Waals surface area contributed by atoms with Gasteiger partial charge in [0, 0.05) is 211 Å². The van der Waals surface area contributed by atoms with Gasteiger partial charge >= 0.3 is 0 Å². The summed E-state index contributed by atoms with van der Waals surface area (Å²) in [7, 11) is 0. The molecule has 0 rings (SSSR count). The van der Waals surface area contributed by atoms with Crippen LogP contribution in [0, 0.1) is 0 Å². The zero-order chi connectivity index (χ0) is 64.9. The molecule has 0 spiro atoms. The molecule has 0 atom stereocenters. The summed E-state index contributed by atoms with van der Waals surface area (Å²) in [6.45, 7) is 29.7. The largest absolute Gasteiger partial charge is 0.381 e. The molecule has 548 valence electrons. The smallest absolute Gasteiger partial charge is 0.0466 e. The molecule has 0 aromatic heterocycles. The van der Waals surface area contributed by atoms with Gasteiger partial charge in [0.25, 0.3) is 0 Å². The predicted octanol–water partition coefficient (Wildman–Crippen LogP) is 12.8. The van der Waals surface area contributed by atoms with E-state index in [1.807, 2.05) is 0 Å². The van der Waals surface area contributed by atoms with Crippen molar-refractivity contribution in [2.75, 3.05) is 238 Å². The minimum absolute atomic E-state index is 0.748. The van der Waals surface area contributed by atoms with Crippen molar-refractivity contribution in [3.05, 3.63) is 0 Å². The molecule has 0 aliphatic carbocycles. The van der Waals surface area contributed by atoms with E-state index in [1.165, 1.54) is 0 Å². The molecule has 19 heteroatoms. The van der Waals surface area contributed by atoms with Gasteiger partial charge in [-0.2, -0.15) is 0 Å². The van der Waals surface area contributed by atoms with Crippen LogP contribution >= 0.6 is 0 Å². The van der Waals surface area contributed by atoms with Gasteiger partial charge in [-0.15, -0.1) is 0 Å². The highest BCUT2D eigenvalue weighted by Gasteiger charge is 2.02. The summed E-state index contributed by atoms with van der Waals surface area (Å²) in [6, 6.07) is 0. The third-order valence-electron chi connectivity index (χ3n) is 14.9. The van der Waals surface area contributed by atoms with E-state index >= 15 is 0 Å². The Morgan fingerprint density at radius 1 is 0.121 bits per heavy atom. The Hall–Kier alpha value is -0.760. The van der Waals surface area contributed by atoms with Crippen LogP contribution in [0.25, 0.3) is 0 Å². The maximum absolute atomic E-state index is 5.83. The van der Waals surface area contributed by atoms with Gasteiger partial charge in [0.05, 0.1) is 0 Å². The van der Waals surface area contributed by atoms with Crippen molar-refractivity contribution in [3.8, 4) is 0 Å². The van der Waals surface area contributed by atoms with Gasteiger partial charge in [-0.1, -0.05) is 0 Å². The minimum atomic E-state index is 0.748. The molecule has 0 radical (unpaired) electrons. The van der Waals surface area contributed by atoms with Gasteiger partial charge in [0.1, 0.15) is 0 Å². The zero-order valence-electron chi connectivity index (χ0n) is 59.1. The summed E-state index contributed by atoms with van der Waals surface area (Å²) in [5.41, 5.74) is 11.0. The van der Waals surface area contributed by atoms with E-state index in [0.29, 0.717) is 0 Å². The van der Waals surface area contributed by atoms with E-state index in [4.69, 9.17) is 87.3 Å². The molecule has 5 N–H and O–H groups in total. The van der Waals surface area contributed by atoms with Crippen LogP contribution in [0.2, 0.25) is 0 Å². The molecule has 0 fully saturated rings. The number of nitrogens with one attached hydrogen (secondary N) is 1. The fourth-order valence-electron chi connectivity index (χ4n) is 9.08. The van der Waals surface area contributed by atoms with Crippen LogP contribution in [0.3, 0.4) is 0 Å². The molecule has 0 saturated heterocycles. The van der Waals surface area contributed by atoms with Crippen LogP contribution in [0.5, 0.6) is 0 Å². The van der Waals surface area contributed by atoms with E-state index < -0.39 is 0 Å². The van der Waals surface area contributed by atoms with Crippen LogP contribution in [0.15, 0.2) is 0 Å². The van der Waals surface area contributed by atoms with Gasteiger partial charge in [-0.05, 0) is 257 Å². The summed E-state index contributed by atoms with van der Waals surface area (Å²) >= 11 is 0. The van der Waals surface area contributed by atoms with E-state index in [9.17, 15) is 0 Å². The number of nitrogens with two attached hydrogens (primary N) is 2.